The van der Waals surface area contributed by atoms with Crippen molar-refractivity contribution < 1.29 is 24.9 Å². The van der Waals surface area contributed by atoms with Crippen molar-refractivity contribution in [2.24, 2.45) is 0 Å². The van der Waals surface area contributed by atoms with E-state index in [1.54, 1.807) is 0 Å². The molecule has 0 aliphatic heterocycles. The van der Waals surface area contributed by atoms with Crippen LogP contribution in [0.15, 0.2) is 77.3 Å². The third-order valence-electron chi connectivity index (χ3n) is 5.29. The number of aliphatic carboxylic acids is 1. The Morgan fingerprint density at radius 2 is 1.48 bits per heavy atom. The van der Waals surface area contributed by atoms with Crippen molar-refractivity contribution in [3.05, 3.63) is 94.0 Å². The molecule has 3 aromatic rings. The van der Waals surface area contributed by atoms with Crippen LogP contribution in [-0.4, -0.2) is 35.3 Å². The Hall–Kier alpha value is -3.16. The van der Waals surface area contributed by atoms with E-state index >= 15 is 0 Å². The Morgan fingerprint density at radius 3 is 2.03 bits per heavy atom. The largest absolute Gasteiger partial charge is 0.480 e. The Labute approximate surface area is 188 Å². The van der Waals surface area contributed by atoms with Gasteiger partial charge in [0.15, 0.2) is 0 Å². The number of hydrogen-bond acceptors (Lipinski definition) is 3. The number of rotatable bonds is 6. The molecule has 0 fully saturated rings. The number of halogens is 1. The molecule has 0 saturated carbocycles. The second-order valence-electron chi connectivity index (χ2n) is 7.19. The van der Waals surface area contributed by atoms with Crippen LogP contribution in [0.5, 0.6) is 0 Å². The van der Waals surface area contributed by atoms with E-state index in [2.05, 4.69) is 33.4 Å². The molecule has 0 heterocycles. The van der Waals surface area contributed by atoms with Crippen molar-refractivity contribution in [1.82, 2.24) is 5.32 Å². The van der Waals surface area contributed by atoms with Crippen LogP contribution in [0.1, 0.15) is 22.6 Å². The lowest BCUT2D eigenvalue weighted by Crippen LogP contribution is -2.42. The Balaban J connectivity index is 0.00000272. The number of carbonyl (C=O) groups is 2. The van der Waals surface area contributed by atoms with Crippen LogP contribution in [0.25, 0.3) is 11.1 Å². The van der Waals surface area contributed by atoms with Gasteiger partial charge in [-0.25, -0.2) is 9.59 Å². The lowest BCUT2D eigenvalue weighted by molar-refractivity contribution is -0.139. The third kappa shape index (κ3) is 4.95. The van der Waals surface area contributed by atoms with E-state index in [9.17, 15) is 14.7 Å². The molecule has 0 unspecified atom stereocenters. The molecule has 7 heteroatoms. The molecule has 0 bridgehead atoms. The molecule has 3 aromatic carbocycles. The molecule has 1 atom stereocenters. The second-order valence-corrected chi connectivity index (χ2v) is 8.11. The zero-order chi connectivity index (χ0) is 21.1. The van der Waals surface area contributed by atoms with Gasteiger partial charge in [0.1, 0.15) is 12.6 Å². The topological polar surface area (TPSA) is 107 Å². The first-order valence-corrected chi connectivity index (χ1v) is 10.4. The molecular weight excluding hydrogens is 462 g/mol. The van der Waals surface area contributed by atoms with E-state index in [1.807, 2.05) is 60.7 Å². The SMILES string of the molecule is O.O=C(N[C@H](Cc1ccc(Br)cc1)C(=O)O)OCC1c2ccccc2-c2ccccc21. The number of hydrogen-bond donors (Lipinski definition) is 2. The molecular formula is C24H22BrNO5. The van der Waals surface area contributed by atoms with E-state index < -0.39 is 18.1 Å². The van der Waals surface area contributed by atoms with Gasteiger partial charge in [-0.3, -0.25) is 0 Å². The fourth-order valence-corrected chi connectivity index (χ4v) is 4.10. The van der Waals surface area contributed by atoms with Crippen molar-refractivity contribution in [1.29, 1.82) is 0 Å². The van der Waals surface area contributed by atoms with E-state index in [-0.39, 0.29) is 24.4 Å². The van der Waals surface area contributed by atoms with Gasteiger partial charge in [-0.05, 0) is 39.9 Å². The van der Waals surface area contributed by atoms with E-state index in [1.165, 1.54) is 0 Å². The van der Waals surface area contributed by atoms with Gasteiger partial charge in [0, 0.05) is 16.8 Å². The molecule has 0 radical (unpaired) electrons. The summed E-state index contributed by atoms with van der Waals surface area (Å²) in [6.45, 7) is 0.143. The average molecular weight is 484 g/mol. The number of carboxylic acids is 1. The second kappa shape index (κ2) is 9.76. The number of nitrogens with one attached hydrogen (secondary N) is 1. The van der Waals surface area contributed by atoms with Gasteiger partial charge in [-0.15, -0.1) is 0 Å². The summed E-state index contributed by atoms with van der Waals surface area (Å²) in [5, 5.41) is 12.0. The highest BCUT2D eigenvalue weighted by Crippen LogP contribution is 2.44. The van der Waals surface area contributed by atoms with E-state index in [0.717, 1.165) is 32.3 Å². The maximum atomic E-state index is 12.4. The quantitative estimate of drug-likeness (QED) is 0.548. The van der Waals surface area contributed by atoms with Gasteiger partial charge in [-0.2, -0.15) is 0 Å². The molecule has 4 rings (SSSR count). The summed E-state index contributed by atoms with van der Waals surface area (Å²) in [6, 6.07) is 22.4. The van der Waals surface area contributed by atoms with Crippen LogP contribution in [0.4, 0.5) is 4.79 Å². The average Bonchev–Trinajstić information content (AvgIpc) is 3.07. The Morgan fingerprint density at radius 1 is 0.935 bits per heavy atom. The van der Waals surface area contributed by atoms with Gasteiger partial charge in [0.25, 0.3) is 0 Å². The summed E-state index contributed by atoms with van der Waals surface area (Å²) >= 11 is 3.35. The first-order chi connectivity index (χ1) is 14.5. The summed E-state index contributed by atoms with van der Waals surface area (Å²) in [7, 11) is 0. The lowest BCUT2D eigenvalue weighted by atomic mass is 9.98. The van der Waals surface area contributed by atoms with Crippen molar-refractivity contribution in [3.8, 4) is 11.1 Å². The third-order valence-corrected chi connectivity index (χ3v) is 5.82. The fourth-order valence-electron chi connectivity index (χ4n) is 3.84. The molecule has 31 heavy (non-hydrogen) atoms. The highest BCUT2D eigenvalue weighted by molar-refractivity contribution is 9.10. The molecule has 6 nitrogen and oxygen atoms in total. The number of carbonyl (C=O) groups excluding carboxylic acids is 1. The van der Waals surface area contributed by atoms with Gasteiger partial charge < -0.3 is 20.6 Å². The van der Waals surface area contributed by atoms with E-state index in [4.69, 9.17) is 4.74 Å². The van der Waals surface area contributed by atoms with Gasteiger partial charge in [0.2, 0.25) is 0 Å². The van der Waals surface area contributed by atoms with Crippen LogP contribution < -0.4 is 5.32 Å². The molecule has 4 N–H and O–H groups in total. The number of benzene rings is 3. The number of amides is 1. The van der Waals surface area contributed by atoms with Crippen molar-refractivity contribution in [3.63, 3.8) is 0 Å². The first-order valence-electron chi connectivity index (χ1n) is 9.61. The molecule has 0 saturated heterocycles. The fraction of sp³-hybridized carbons (Fsp3) is 0.167. The summed E-state index contributed by atoms with van der Waals surface area (Å²) < 4.78 is 6.36. The van der Waals surface area contributed by atoms with Crippen molar-refractivity contribution >= 4 is 28.0 Å². The van der Waals surface area contributed by atoms with Crippen LogP contribution in [0.3, 0.4) is 0 Å². The van der Waals surface area contributed by atoms with Crippen LogP contribution >= 0.6 is 15.9 Å². The molecule has 160 valence electrons. The number of carboxylic acid groups (broad SMARTS) is 1. The van der Waals surface area contributed by atoms with Gasteiger partial charge >= 0.3 is 12.1 Å². The normalized spacial score (nSPS) is 12.8. The maximum Gasteiger partial charge on any atom is 0.407 e. The predicted octanol–water partition coefficient (Wildman–Crippen LogP) is 4.16. The van der Waals surface area contributed by atoms with Crippen LogP contribution in [-0.2, 0) is 16.0 Å². The van der Waals surface area contributed by atoms with E-state index in [0.29, 0.717) is 0 Å². The molecule has 1 amide bonds. The van der Waals surface area contributed by atoms with Crippen LogP contribution in [0, 0.1) is 0 Å². The maximum absolute atomic E-state index is 12.4. The number of ether oxygens (including phenoxy) is 1. The standard InChI is InChI=1S/C24H20BrNO4.H2O/c25-16-11-9-15(10-12-16)13-22(23(27)28)26-24(29)30-14-21-19-7-3-1-5-17(19)18-6-2-4-8-20(18)21;/h1-12,21-22H,13-14H2,(H,26,29)(H,27,28);1H2/t22-;/m1./s1. The summed E-state index contributed by atoms with van der Waals surface area (Å²) in [4.78, 5) is 24.0. The minimum Gasteiger partial charge on any atom is -0.480 e. The minimum atomic E-state index is -1.11. The zero-order valence-electron chi connectivity index (χ0n) is 16.5. The predicted molar refractivity (Wildman–Crippen MR) is 121 cm³/mol. The number of alkyl carbamates (subject to hydrolysis) is 1. The van der Waals surface area contributed by atoms with Gasteiger partial charge in [-0.1, -0.05) is 76.6 Å². The smallest absolute Gasteiger partial charge is 0.407 e. The molecule has 0 spiro atoms. The highest BCUT2D eigenvalue weighted by atomic mass is 79.9. The molecule has 1 aliphatic rings. The first kappa shape index (κ1) is 22.5. The molecule has 0 aromatic heterocycles. The number of fused-ring (bicyclic) bond motifs is 3. The Kier molecular flexibility index (Phi) is 7.09. The van der Waals surface area contributed by atoms with Gasteiger partial charge in [0.05, 0.1) is 0 Å². The Bertz CT molecular complexity index is 1040. The van der Waals surface area contributed by atoms with Crippen molar-refractivity contribution in [2.45, 2.75) is 18.4 Å². The lowest BCUT2D eigenvalue weighted by Gasteiger charge is -2.17. The molecule has 1 aliphatic carbocycles. The van der Waals surface area contributed by atoms with Crippen LogP contribution in [0.2, 0.25) is 0 Å². The summed E-state index contributed by atoms with van der Waals surface area (Å²) in [5.74, 6) is -1.18. The summed E-state index contributed by atoms with van der Waals surface area (Å²) in [5.41, 5.74) is 5.30. The zero-order valence-corrected chi connectivity index (χ0v) is 18.1. The monoisotopic (exact) mass is 483 g/mol. The minimum absolute atomic E-state index is 0. The van der Waals surface area contributed by atoms with Crippen molar-refractivity contribution in [2.75, 3.05) is 6.61 Å². The summed E-state index contributed by atoms with van der Waals surface area (Å²) in [6.07, 6.45) is -0.561. The highest BCUT2D eigenvalue weighted by Gasteiger charge is 2.29.